The molecule has 1 heterocycles. The summed E-state index contributed by atoms with van der Waals surface area (Å²) in [6.07, 6.45) is 4.19. The maximum Gasteiger partial charge on any atom is 0.326 e. The van der Waals surface area contributed by atoms with Crippen LogP contribution in [-0.4, -0.2) is 30.9 Å². The Morgan fingerprint density at radius 1 is 1.65 bits per heavy atom. The normalized spacial score (nSPS) is 25.8. The van der Waals surface area contributed by atoms with Gasteiger partial charge in [-0.15, -0.1) is 23.1 Å². The predicted octanol–water partition coefficient (Wildman–Crippen LogP) is 3.55. The molecule has 0 saturated heterocycles. The van der Waals surface area contributed by atoms with Crippen molar-refractivity contribution in [1.29, 1.82) is 0 Å². The Balaban J connectivity index is 1.95. The molecule has 1 aromatic rings. The Labute approximate surface area is 129 Å². The standard InChI is InChI=1S/C15H23NO2S2/c1-3-16-15(14(17)18-2)9-4-6-12(15)8-11-20-13-7-5-10-19-13/h5,7,10,12,16H,3-4,6,8-9,11H2,1-2H3. The molecule has 0 bridgehead atoms. The number of likely N-dealkylation sites (N-methyl/N-ethyl adjacent to an activating group) is 1. The van der Waals surface area contributed by atoms with Crippen molar-refractivity contribution in [3.8, 4) is 0 Å². The molecule has 1 aliphatic rings. The number of esters is 1. The third-order valence-electron chi connectivity index (χ3n) is 4.07. The molecule has 1 aliphatic carbocycles. The van der Waals surface area contributed by atoms with Gasteiger partial charge in [-0.2, -0.15) is 0 Å². The number of ether oxygens (including phenoxy) is 1. The Hall–Kier alpha value is -0.520. The summed E-state index contributed by atoms with van der Waals surface area (Å²) in [6, 6.07) is 4.24. The topological polar surface area (TPSA) is 38.3 Å². The fraction of sp³-hybridized carbons (Fsp3) is 0.667. The smallest absolute Gasteiger partial charge is 0.326 e. The molecule has 0 aliphatic heterocycles. The first kappa shape index (κ1) is 15.9. The van der Waals surface area contributed by atoms with Crippen LogP contribution in [0.4, 0.5) is 0 Å². The van der Waals surface area contributed by atoms with Crippen molar-refractivity contribution in [2.24, 2.45) is 5.92 Å². The van der Waals surface area contributed by atoms with E-state index in [1.165, 1.54) is 11.3 Å². The van der Waals surface area contributed by atoms with Gasteiger partial charge in [0.2, 0.25) is 0 Å². The van der Waals surface area contributed by atoms with Crippen LogP contribution in [0.5, 0.6) is 0 Å². The number of carbonyl (C=O) groups excluding carboxylic acids is 1. The quantitative estimate of drug-likeness (QED) is 0.617. The van der Waals surface area contributed by atoms with Crippen LogP contribution in [0.25, 0.3) is 0 Å². The maximum absolute atomic E-state index is 12.2. The fourth-order valence-corrected chi connectivity index (χ4v) is 5.10. The van der Waals surface area contributed by atoms with Crippen LogP contribution < -0.4 is 5.32 Å². The number of hydrogen-bond acceptors (Lipinski definition) is 5. The van der Waals surface area contributed by atoms with E-state index < -0.39 is 5.54 Å². The molecule has 20 heavy (non-hydrogen) atoms. The van der Waals surface area contributed by atoms with E-state index in [1.54, 1.807) is 11.3 Å². The number of thioether (sulfide) groups is 1. The average Bonchev–Trinajstić information content (AvgIpc) is 3.09. The lowest BCUT2D eigenvalue weighted by molar-refractivity contribution is -0.150. The molecule has 0 aromatic carbocycles. The number of rotatable bonds is 7. The van der Waals surface area contributed by atoms with Gasteiger partial charge < -0.3 is 10.1 Å². The van der Waals surface area contributed by atoms with Crippen LogP contribution >= 0.6 is 23.1 Å². The maximum atomic E-state index is 12.2. The molecular formula is C15H23NO2S2. The van der Waals surface area contributed by atoms with E-state index in [0.29, 0.717) is 5.92 Å². The molecule has 3 nitrogen and oxygen atoms in total. The number of hydrogen-bond donors (Lipinski definition) is 1. The van der Waals surface area contributed by atoms with Gasteiger partial charge in [-0.25, -0.2) is 0 Å². The van der Waals surface area contributed by atoms with Gasteiger partial charge in [0.1, 0.15) is 5.54 Å². The van der Waals surface area contributed by atoms with Gasteiger partial charge in [-0.05, 0) is 48.9 Å². The van der Waals surface area contributed by atoms with Crippen LogP contribution in [0, 0.1) is 5.92 Å². The van der Waals surface area contributed by atoms with E-state index >= 15 is 0 Å². The number of thiophene rings is 1. The summed E-state index contributed by atoms with van der Waals surface area (Å²) in [5.74, 6) is 1.38. The fourth-order valence-electron chi connectivity index (χ4n) is 3.19. The zero-order valence-corrected chi connectivity index (χ0v) is 13.8. The monoisotopic (exact) mass is 313 g/mol. The van der Waals surface area contributed by atoms with Crippen molar-refractivity contribution in [1.82, 2.24) is 5.32 Å². The van der Waals surface area contributed by atoms with Crippen molar-refractivity contribution in [2.75, 3.05) is 19.4 Å². The zero-order valence-electron chi connectivity index (χ0n) is 12.2. The van der Waals surface area contributed by atoms with Crippen LogP contribution in [-0.2, 0) is 9.53 Å². The van der Waals surface area contributed by atoms with Crippen molar-refractivity contribution in [3.05, 3.63) is 17.5 Å². The number of nitrogens with one attached hydrogen (secondary N) is 1. The van der Waals surface area contributed by atoms with Gasteiger partial charge in [0.25, 0.3) is 0 Å². The van der Waals surface area contributed by atoms with Gasteiger partial charge in [-0.3, -0.25) is 4.79 Å². The Morgan fingerprint density at radius 2 is 2.50 bits per heavy atom. The Kier molecular flexibility index (Phi) is 5.93. The Morgan fingerprint density at radius 3 is 3.15 bits per heavy atom. The second kappa shape index (κ2) is 7.48. The van der Waals surface area contributed by atoms with Crippen molar-refractivity contribution >= 4 is 29.1 Å². The van der Waals surface area contributed by atoms with Crippen LogP contribution in [0.15, 0.2) is 21.7 Å². The summed E-state index contributed by atoms with van der Waals surface area (Å²) in [5, 5.41) is 5.53. The summed E-state index contributed by atoms with van der Waals surface area (Å²) in [4.78, 5) is 12.2. The summed E-state index contributed by atoms with van der Waals surface area (Å²) in [6.45, 7) is 2.87. The predicted molar refractivity (Wildman–Crippen MR) is 85.4 cm³/mol. The molecule has 2 atom stereocenters. The first-order valence-electron chi connectivity index (χ1n) is 7.22. The van der Waals surface area contributed by atoms with E-state index in [0.717, 1.165) is 38.0 Å². The largest absolute Gasteiger partial charge is 0.468 e. The lowest BCUT2D eigenvalue weighted by Crippen LogP contribution is -2.55. The molecule has 0 amide bonds. The first-order valence-corrected chi connectivity index (χ1v) is 9.09. The summed E-state index contributed by atoms with van der Waals surface area (Å²) >= 11 is 3.67. The molecule has 112 valence electrons. The third-order valence-corrected chi connectivity index (χ3v) is 6.23. The highest BCUT2D eigenvalue weighted by molar-refractivity contribution is 8.01. The molecule has 0 radical (unpaired) electrons. The van der Waals surface area contributed by atoms with Gasteiger partial charge in [0, 0.05) is 0 Å². The molecular weight excluding hydrogens is 290 g/mol. The lowest BCUT2D eigenvalue weighted by Gasteiger charge is -2.33. The summed E-state index contributed by atoms with van der Waals surface area (Å²) < 4.78 is 6.42. The van der Waals surface area contributed by atoms with Gasteiger partial charge in [0.15, 0.2) is 0 Å². The van der Waals surface area contributed by atoms with E-state index in [1.807, 2.05) is 11.8 Å². The van der Waals surface area contributed by atoms with Crippen molar-refractivity contribution in [3.63, 3.8) is 0 Å². The highest BCUT2D eigenvalue weighted by Crippen LogP contribution is 2.40. The van der Waals surface area contributed by atoms with Crippen molar-refractivity contribution < 1.29 is 9.53 Å². The van der Waals surface area contributed by atoms with Gasteiger partial charge in [-0.1, -0.05) is 19.4 Å². The highest BCUT2D eigenvalue weighted by Gasteiger charge is 2.48. The minimum atomic E-state index is -0.445. The number of carbonyl (C=O) groups is 1. The first-order chi connectivity index (χ1) is 9.73. The Bertz CT molecular complexity index is 422. The highest BCUT2D eigenvalue weighted by atomic mass is 32.2. The molecule has 2 unspecified atom stereocenters. The number of methoxy groups -OCH3 is 1. The SMILES string of the molecule is CCNC1(C(=O)OC)CCCC1CCSc1cccs1. The minimum Gasteiger partial charge on any atom is -0.468 e. The van der Waals surface area contributed by atoms with E-state index in [9.17, 15) is 4.79 Å². The summed E-state index contributed by atoms with van der Waals surface area (Å²) in [7, 11) is 1.50. The van der Waals surface area contributed by atoms with Crippen LogP contribution in [0.3, 0.4) is 0 Å². The van der Waals surface area contributed by atoms with Crippen LogP contribution in [0.1, 0.15) is 32.6 Å². The molecule has 1 N–H and O–H groups in total. The van der Waals surface area contributed by atoms with Gasteiger partial charge in [0.05, 0.1) is 11.3 Å². The van der Waals surface area contributed by atoms with Crippen molar-refractivity contribution in [2.45, 2.75) is 42.4 Å². The van der Waals surface area contributed by atoms with E-state index in [-0.39, 0.29) is 5.97 Å². The van der Waals surface area contributed by atoms with E-state index in [4.69, 9.17) is 4.74 Å². The lowest BCUT2D eigenvalue weighted by atomic mass is 9.85. The zero-order chi connectivity index (χ0) is 14.4. The summed E-state index contributed by atoms with van der Waals surface area (Å²) in [5.41, 5.74) is -0.445. The van der Waals surface area contributed by atoms with Crippen LogP contribution in [0.2, 0.25) is 0 Å². The van der Waals surface area contributed by atoms with Gasteiger partial charge >= 0.3 is 5.97 Å². The average molecular weight is 313 g/mol. The van der Waals surface area contributed by atoms with E-state index in [2.05, 4.69) is 29.8 Å². The molecule has 5 heteroatoms. The molecule has 1 aromatic heterocycles. The second-order valence-corrected chi connectivity index (χ2v) is 7.49. The molecule has 1 fully saturated rings. The molecule has 1 saturated carbocycles. The minimum absolute atomic E-state index is 0.0806. The molecule has 0 spiro atoms. The third kappa shape index (κ3) is 3.38. The molecule has 2 rings (SSSR count). The second-order valence-electron chi connectivity index (χ2n) is 5.15.